The number of benzene rings is 1. The monoisotopic (exact) mass is 425 g/mol. The number of rotatable bonds is 5. The summed E-state index contributed by atoms with van der Waals surface area (Å²) in [7, 11) is -1.85. The van der Waals surface area contributed by atoms with E-state index in [4.69, 9.17) is 0 Å². The highest BCUT2D eigenvalue weighted by Crippen LogP contribution is 2.36. The van der Waals surface area contributed by atoms with E-state index in [1.807, 2.05) is 30.6 Å². The van der Waals surface area contributed by atoms with Crippen molar-refractivity contribution < 1.29 is 8.42 Å². The number of hydrogen-bond acceptors (Lipinski definition) is 5. The number of aryl methyl sites for hydroxylation is 1. The van der Waals surface area contributed by atoms with Crippen molar-refractivity contribution in [2.75, 3.05) is 19.6 Å². The highest BCUT2D eigenvalue weighted by molar-refractivity contribution is 7.89. The van der Waals surface area contributed by atoms with Crippen LogP contribution < -0.4 is 0 Å². The van der Waals surface area contributed by atoms with Gasteiger partial charge in [-0.25, -0.2) is 13.4 Å². The first-order chi connectivity index (χ1) is 14.5. The average molecular weight is 426 g/mol. The molecular formula is C22H27N5O2S. The van der Waals surface area contributed by atoms with Crippen LogP contribution in [0.1, 0.15) is 30.7 Å². The molecule has 2 atom stereocenters. The van der Waals surface area contributed by atoms with Crippen molar-refractivity contribution in [1.29, 1.82) is 0 Å². The summed E-state index contributed by atoms with van der Waals surface area (Å²) in [4.78, 5) is 11.0. The van der Waals surface area contributed by atoms with E-state index in [9.17, 15) is 8.42 Å². The van der Waals surface area contributed by atoms with E-state index in [-0.39, 0.29) is 17.0 Å². The summed E-state index contributed by atoms with van der Waals surface area (Å²) in [6, 6.07) is 10.3. The molecule has 8 heteroatoms. The lowest BCUT2D eigenvalue weighted by molar-refractivity contribution is 0.285. The lowest BCUT2D eigenvalue weighted by Crippen LogP contribution is -2.43. The molecule has 30 heavy (non-hydrogen) atoms. The third-order valence-electron chi connectivity index (χ3n) is 6.61. The van der Waals surface area contributed by atoms with Gasteiger partial charge in [0.1, 0.15) is 0 Å². The van der Waals surface area contributed by atoms with Gasteiger partial charge in [-0.3, -0.25) is 4.99 Å². The Balaban J connectivity index is 1.44. The van der Waals surface area contributed by atoms with Crippen molar-refractivity contribution in [3.63, 3.8) is 0 Å². The molecule has 5 rings (SSSR count). The summed E-state index contributed by atoms with van der Waals surface area (Å²) in [5.74, 6) is 0.678. The van der Waals surface area contributed by atoms with Gasteiger partial charge in [0, 0.05) is 50.4 Å². The summed E-state index contributed by atoms with van der Waals surface area (Å²) >= 11 is 0. The fraction of sp³-hybridized carbons (Fsp3) is 0.455. The Labute approximate surface area is 177 Å². The minimum Gasteiger partial charge on any atom is -0.366 e. The fourth-order valence-electron chi connectivity index (χ4n) is 4.66. The highest BCUT2D eigenvalue weighted by Gasteiger charge is 2.43. The van der Waals surface area contributed by atoms with Crippen LogP contribution in [0.25, 0.3) is 0 Å². The van der Waals surface area contributed by atoms with Crippen molar-refractivity contribution in [3.05, 3.63) is 60.8 Å². The number of nitrogens with zero attached hydrogens (tertiary/aromatic N) is 5. The Morgan fingerprint density at radius 2 is 1.90 bits per heavy atom. The Morgan fingerprint density at radius 3 is 2.57 bits per heavy atom. The predicted octanol–water partition coefficient (Wildman–Crippen LogP) is 2.60. The molecular weight excluding hydrogens is 398 g/mol. The molecule has 0 unspecified atom stereocenters. The largest absolute Gasteiger partial charge is 0.366 e. The minimum atomic E-state index is -3.63. The van der Waals surface area contributed by atoms with E-state index in [0.717, 1.165) is 6.54 Å². The van der Waals surface area contributed by atoms with Crippen LogP contribution in [0, 0.1) is 5.92 Å². The first-order valence-corrected chi connectivity index (χ1v) is 12.0. The quantitative estimate of drug-likeness (QED) is 0.738. The molecule has 7 nitrogen and oxygen atoms in total. The molecule has 158 valence electrons. The molecule has 0 radical (unpaired) electrons. The SMILES string of the molecule is Cn1cnc(S(=O)(=O)N2C[C@H](c3ccccc3)[C@@H](N3C=CN=C(C4CCC4)C3)C2)c1. The Bertz CT molecular complexity index is 1070. The zero-order chi connectivity index (χ0) is 20.7. The standard InChI is InChI=1S/C22H27N5O2S/c1-25-15-22(24-16-25)30(28,29)27-12-19(17-6-3-2-4-7-17)21(14-27)26-11-10-23-20(13-26)18-8-5-9-18/h2-4,6-7,10-11,15-16,18-19,21H,5,8-9,12-14H2,1H3/t19-,21+/m1/s1. The third-order valence-corrected chi connectivity index (χ3v) is 8.33. The van der Waals surface area contributed by atoms with Crippen LogP contribution in [0.3, 0.4) is 0 Å². The van der Waals surface area contributed by atoms with E-state index in [2.05, 4.69) is 27.0 Å². The van der Waals surface area contributed by atoms with E-state index in [1.54, 1.807) is 22.1 Å². The van der Waals surface area contributed by atoms with Crippen molar-refractivity contribution in [3.8, 4) is 0 Å². The first-order valence-electron chi connectivity index (χ1n) is 10.5. The van der Waals surface area contributed by atoms with Gasteiger partial charge in [0.2, 0.25) is 0 Å². The average Bonchev–Trinajstić information content (AvgIpc) is 3.35. The van der Waals surface area contributed by atoms with Crippen LogP contribution in [-0.4, -0.2) is 58.6 Å². The summed E-state index contributed by atoms with van der Waals surface area (Å²) in [5.41, 5.74) is 2.41. The maximum atomic E-state index is 13.3. The zero-order valence-corrected chi connectivity index (χ0v) is 17.9. The second-order valence-corrected chi connectivity index (χ2v) is 10.4. The second-order valence-electron chi connectivity index (χ2n) is 8.50. The van der Waals surface area contributed by atoms with Gasteiger partial charge >= 0.3 is 0 Å². The Hall–Kier alpha value is -2.45. The lowest BCUT2D eigenvalue weighted by Gasteiger charge is -2.37. The van der Waals surface area contributed by atoms with Crippen LogP contribution in [-0.2, 0) is 17.1 Å². The van der Waals surface area contributed by atoms with Crippen molar-refractivity contribution in [1.82, 2.24) is 18.8 Å². The molecule has 2 aliphatic heterocycles. The molecule has 1 aromatic carbocycles. The molecule has 0 spiro atoms. The van der Waals surface area contributed by atoms with Crippen LogP contribution >= 0.6 is 0 Å². The number of sulfonamides is 1. The van der Waals surface area contributed by atoms with E-state index in [0.29, 0.717) is 19.0 Å². The van der Waals surface area contributed by atoms with Gasteiger partial charge in [0.15, 0.2) is 5.03 Å². The van der Waals surface area contributed by atoms with E-state index >= 15 is 0 Å². The van der Waals surface area contributed by atoms with Gasteiger partial charge in [-0.2, -0.15) is 4.31 Å². The topological polar surface area (TPSA) is 70.8 Å². The zero-order valence-electron chi connectivity index (χ0n) is 17.1. The molecule has 1 saturated heterocycles. The number of hydrogen-bond donors (Lipinski definition) is 0. The molecule has 2 fully saturated rings. The molecule has 0 N–H and O–H groups in total. The molecule has 3 aliphatic rings. The summed E-state index contributed by atoms with van der Waals surface area (Å²) in [6.45, 7) is 1.68. The van der Waals surface area contributed by atoms with E-state index < -0.39 is 10.0 Å². The molecule has 0 amide bonds. The van der Waals surface area contributed by atoms with Crippen LogP contribution in [0.4, 0.5) is 0 Å². The Morgan fingerprint density at radius 1 is 1.10 bits per heavy atom. The summed E-state index contributed by atoms with van der Waals surface area (Å²) in [5, 5.41) is 0.114. The molecule has 0 bridgehead atoms. The number of aromatic nitrogens is 2. The summed E-state index contributed by atoms with van der Waals surface area (Å²) in [6.07, 6.45) is 10.7. The number of imidazole rings is 1. The van der Waals surface area contributed by atoms with Crippen molar-refractivity contribution in [2.45, 2.75) is 36.2 Å². The molecule has 1 aromatic heterocycles. The Kier molecular flexibility index (Phi) is 4.99. The van der Waals surface area contributed by atoms with Gasteiger partial charge in [-0.05, 0) is 24.3 Å². The van der Waals surface area contributed by atoms with Gasteiger partial charge in [-0.1, -0.05) is 36.8 Å². The maximum absolute atomic E-state index is 13.3. The fourth-order valence-corrected chi connectivity index (χ4v) is 6.12. The normalized spacial score (nSPS) is 25.4. The van der Waals surface area contributed by atoms with Gasteiger partial charge in [0.05, 0.1) is 18.9 Å². The third kappa shape index (κ3) is 3.48. The van der Waals surface area contributed by atoms with E-state index in [1.165, 1.54) is 36.9 Å². The predicted molar refractivity (Wildman–Crippen MR) is 116 cm³/mol. The second kappa shape index (κ2) is 7.67. The first kappa shape index (κ1) is 19.5. The molecule has 2 aromatic rings. The van der Waals surface area contributed by atoms with Crippen LogP contribution in [0.15, 0.2) is 65.3 Å². The van der Waals surface area contributed by atoms with Gasteiger partial charge in [-0.15, -0.1) is 0 Å². The minimum absolute atomic E-state index is 0.0627. The smallest absolute Gasteiger partial charge is 0.262 e. The van der Waals surface area contributed by atoms with Crippen LogP contribution in [0.5, 0.6) is 0 Å². The van der Waals surface area contributed by atoms with Crippen molar-refractivity contribution in [2.24, 2.45) is 18.0 Å². The van der Waals surface area contributed by atoms with Crippen molar-refractivity contribution >= 4 is 15.7 Å². The lowest BCUT2D eigenvalue weighted by atomic mass is 9.81. The van der Waals surface area contributed by atoms with Gasteiger partial charge < -0.3 is 9.47 Å². The highest BCUT2D eigenvalue weighted by atomic mass is 32.2. The molecule has 1 aliphatic carbocycles. The maximum Gasteiger partial charge on any atom is 0.262 e. The van der Waals surface area contributed by atoms with Crippen LogP contribution in [0.2, 0.25) is 0 Å². The molecule has 1 saturated carbocycles. The van der Waals surface area contributed by atoms with Gasteiger partial charge in [0.25, 0.3) is 10.0 Å². The summed E-state index contributed by atoms with van der Waals surface area (Å²) < 4.78 is 29.8. The number of aliphatic imine (C=N–C) groups is 1. The molecule has 3 heterocycles.